The lowest BCUT2D eigenvalue weighted by Crippen LogP contribution is -2.50. The molecule has 0 bridgehead atoms. The van der Waals surface area contributed by atoms with Crippen molar-refractivity contribution < 1.29 is 14.7 Å². The Morgan fingerprint density at radius 3 is 2.64 bits per heavy atom. The summed E-state index contributed by atoms with van der Waals surface area (Å²) in [6, 6.07) is 12.6. The van der Waals surface area contributed by atoms with Gasteiger partial charge in [-0.3, -0.25) is 9.59 Å². The minimum absolute atomic E-state index is 0.215. The largest absolute Gasteiger partial charge is 0.383 e. The van der Waals surface area contributed by atoms with E-state index in [9.17, 15) is 14.7 Å². The highest BCUT2D eigenvalue weighted by atomic mass is 16.3. The standard InChI is InChI=1S/C26H32N4O3/c31-23(15-19-9-5-2-6-10-19)26(33)30-22(14-18-7-3-1-4-8-18)25(32)29-17-20-13-21-11-12-27-24(21)28-16-20/h2,5-6,9-13,16,18,22-23,31H,1,3-4,7-8,14-15,17H2,(H,27,28)(H,29,32)(H,30,33)/t22-,23+/m0/s1. The Morgan fingerprint density at radius 1 is 1.06 bits per heavy atom. The first kappa shape index (κ1) is 23.0. The lowest BCUT2D eigenvalue weighted by molar-refractivity contribution is -0.134. The summed E-state index contributed by atoms with van der Waals surface area (Å²) in [6.07, 6.45) is 8.85. The molecule has 1 saturated carbocycles. The van der Waals surface area contributed by atoms with E-state index < -0.39 is 18.1 Å². The Morgan fingerprint density at radius 2 is 1.85 bits per heavy atom. The number of amides is 2. The van der Waals surface area contributed by atoms with Gasteiger partial charge in [0.05, 0.1) is 0 Å². The molecule has 3 aromatic rings. The van der Waals surface area contributed by atoms with Crippen LogP contribution in [-0.4, -0.2) is 39.0 Å². The van der Waals surface area contributed by atoms with Crippen molar-refractivity contribution in [2.75, 3.05) is 0 Å². The number of fused-ring (bicyclic) bond motifs is 1. The van der Waals surface area contributed by atoms with Gasteiger partial charge >= 0.3 is 0 Å². The zero-order valence-corrected chi connectivity index (χ0v) is 18.8. The fourth-order valence-electron chi connectivity index (χ4n) is 4.58. The average Bonchev–Trinajstić information content (AvgIpc) is 3.31. The Hall–Kier alpha value is -3.19. The monoisotopic (exact) mass is 448 g/mol. The van der Waals surface area contributed by atoms with Gasteiger partial charge in [-0.1, -0.05) is 62.4 Å². The number of carbonyl (C=O) groups excluding carboxylic acids is 2. The third kappa shape index (κ3) is 6.42. The maximum atomic E-state index is 13.1. The number of nitrogens with zero attached hydrogens (tertiary/aromatic N) is 1. The van der Waals surface area contributed by atoms with Crippen molar-refractivity contribution in [1.82, 2.24) is 20.6 Å². The summed E-state index contributed by atoms with van der Waals surface area (Å²) in [5.74, 6) is -0.334. The van der Waals surface area contributed by atoms with E-state index in [0.717, 1.165) is 47.8 Å². The van der Waals surface area contributed by atoms with E-state index in [0.29, 0.717) is 18.9 Å². The number of hydrogen-bond donors (Lipinski definition) is 4. The molecular formula is C26H32N4O3. The summed E-state index contributed by atoms with van der Waals surface area (Å²) in [5, 5.41) is 17.2. The van der Waals surface area contributed by atoms with Crippen molar-refractivity contribution in [2.45, 2.75) is 63.6 Å². The molecule has 0 aliphatic heterocycles. The molecule has 7 nitrogen and oxygen atoms in total. The van der Waals surface area contributed by atoms with Gasteiger partial charge in [0.25, 0.3) is 0 Å². The second-order valence-electron chi connectivity index (χ2n) is 8.98. The number of aliphatic hydroxyl groups is 1. The summed E-state index contributed by atoms with van der Waals surface area (Å²) in [7, 11) is 0. The summed E-state index contributed by atoms with van der Waals surface area (Å²) in [4.78, 5) is 33.2. The van der Waals surface area contributed by atoms with Gasteiger partial charge in [0.15, 0.2) is 0 Å². The van der Waals surface area contributed by atoms with Crippen LogP contribution in [0.1, 0.15) is 49.7 Å². The zero-order chi connectivity index (χ0) is 23.0. The molecule has 4 rings (SSSR count). The highest BCUT2D eigenvalue weighted by Gasteiger charge is 2.28. The predicted molar refractivity (Wildman–Crippen MR) is 127 cm³/mol. The van der Waals surface area contributed by atoms with Crippen LogP contribution in [0.3, 0.4) is 0 Å². The molecule has 2 amide bonds. The molecule has 0 unspecified atom stereocenters. The van der Waals surface area contributed by atoms with Gasteiger partial charge in [0.2, 0.25) is 11.8 Å². The van der Waals surface area contributed by atoms with Crippen molar-refractivity contribution in [3.05, 3.63) is 66.0 Å². The molecule has 2 atom stereocenters. The van der Waals surface area contributed by atoms with E-state index in [1.807, 2.05) is 48.7 Å². The summed E-state index contributed by atoms with van der Waals surface area (Å²) < 4.78 is 0. The van der Waals surface area contributed by atoms with Crippen LogP contribution in [-0.2, 0) is 22.6 Å². The number of H-pyrrole nitrogens is 1. The van der Waals surface area contributed by atoms with Gasteiger partial charge < -0.3 is 20.7 Å². The zero-order valence-electron chi connectivity index (χ0n) is 18.8. The second kappa shape index (κ2) is 11.1. The quantitative estimate of drug-likeness (QED) is 0.403. The molecule has 0 spiro atoms. The van der Waals surface area contributed by atoms with Gasteiger partial charge in [0, 0.05) is 30.7 Å². The average molecular weight is 449 g/mol. The first-order valence-electron chi connectivity index (χ1n) is 11.8. The molecule has 7 heteroatoms. The molecule has 1 fully saturated rings. The number of hydrogen-bond acceptors (Lipinski definition) is 4. The van der Waals surface area contributed by atoms with Crippen LogP contribution >= 0.6 is 0 Å². The van der Waals surface area contributed by atoms with Gasteiger partial charge in [-0.25, -0.2) is 4.98 Å². The maximum Gasteiger partial charge on any atom is 0.249 e. The second-order valence-corrected chi connectivity index (χ2v) is 8.98. The number of aromatic amines is 1. The molecule has 2 heterocycles. The number of aromatic nitrogens is 2. The minimum atomic E-state index is -1.20. The Bertz CT molecular complexity index is 1060. The topological polar surface area (TPSA) is 107 Å². The van der Waals surface area contributed by atoms with Crippen LogP contribution < -0.4 is 10.6 Å². The molecule has 4 N–H and O–H groups in total. The van der Waals surface area contributed by atoms with E-state index in [1.165, 1.54) is 6.42 Å². The molecule has 2 aromatic heterocycles. The van der Waals surface area contributed by atoms with Crippen LogP contribution in [0.15, 0.2) is 54.9 Å². The SMILES string of the molecule is O=C(N[C@@H](CC1CCCCC1)C(=O)NCc1cnc2[nH]ccc2c1)[C@H](O)Cc1ccccc1. The predicted octanol–water partition coefficient (Wildman–Crippen LogP) is 3.24. The minimum Gasteiger partial charge on any atom is -0.383 e. The molecule has 0 saturated heterocycles. The number of benzene rings is 1. The van der Waals surface area contributed by atoms with E-state index in [-0.39, 0.29) is 12.3 Å². The Balaban J connectivity index is 1.38. The summed E-state index contributed by atoms with van der Waals surface area (Å²) in [5.41, 5.74) is 2.57. The molecule has 0 radical (unpaired) electrons. The summed E-state index contributed by atoms with van der Waals surface area (Å²) >= 11 is 0. The van der Waals surface area contributed by atoms with E-state index in [2.05, 4.69) is 20.6 Å². The Kier molecular flexibility index (Phi) is 7.73. The van der Waals surface area contributed by atoms with Gasteiger partial charge in [-0.2, -0.15) is 0 Å². The number of rotatable bonds is 9. The Labute approximate surface area is 194 Å². The van der Waals surface area contributed by atoms with E-state index in [1.54, 1.807) is 6.20 Å². The van der Waals surface area contributed by atoms with E-state index in [4.69, 9.17) is 0 Å². The molecule has 1 aliphatic carbocycles. The van der Waals surface area contributed by atoms with Crippen LogP contribution in [0.25, 0.3) is 11.0 Å². The normalized spacial score (nSPS) is 16.3. The van der Waals surface area contributed by atoms with E-state index >= 15 is 0 Å². The van der Waals surface area contributed by atoms with Crippen LogP contribution in [0.5, 0.6) is 0 Å². The lowest BCUT2D eigenvalue weighted by Gasteiger charge is -2.27. The highest BCUT2D eigenvalue weighted by Crippen LogP contribution is 2.27. The molecular weight excluding hydrogens is 416 g/mol. The van der Waals surface area contributed by atoms with Gasteiger partial charge in [0.1, 0.15) is 17.8 Å². The number of pyridine rings is 1. The fourth-order valence-corrected chi connectivity index (χ4v) is 4.58. The third-order valence-corrected chi connectivity index (χ3v) is 6.42. The van der Waals surface area contributed by atoms with Crippen molar-refractivity contribution in [2.24, 2.45) is 5.92 Å². The number of aliphatic hydroxyl groups excluding tert-OH is 1. The van der Waals surface area contributed by atoms with Crippen molar-refractivity contribution in [1.29, 1.82) is 0 Å². The first-order chi connectivity index (χ1) is 16.1. The van der Waals surface area contributed by atoms with Crippen LogP contribution in [0.2, 0.25) is 0 Å². The van der Waals surface area contributed by atoms with Gasteiger partial charge in [-0.15, -0.1) is 0 Å². The highest BCUT2D eigenvalue weighted by molar-refractivity contribution is 5.89. The lowest BCUT2D eigenvalue weighted by atomic mass is 9.84. The molecule has 174 valence electrons. The van der Waals surface area contributed by atoms with Gasteiger partial charge in [-0.05, 0) is 35.6 Å². The van der Waals surface area contributed by atoms with Crippen LogP contribution in [0, 0.1) is 5.92 Å². The molecule has 1 aliphatic rings. The van der Waals surface area contributed by atoms with Crippen LogP contribution in [0.4, 0.5) is 0 Å². The smallest absolute Gasteiger partial charge is 0.249 e. The van der Waals surface area contributed by atoms with Crippen molar-refractivity contribution in [3.63, 3.8) is 0 Å². The summed E-state index contributed by atoms with van der Waals surface area (Å²) in [6.45, 7) is 0.330. The first-order valence-corrected chi connectivity index (χ1v) is 11.8. The van der Waals surface area contributed by atoms with Crippen molar-refractivity contribution in [3.8, 4) is 0 Å². The number of carbonyl (C=O) groups is 2. The fraction of sp³-hybridized carbons (Fsp3) is 0.423. The molecule has 1 aromatic carbocycles. The third-order valence-electron chi connectivity index (χ3n) is 6.42. The number of nitrogens with one attached hydrogen (secondary N) is 3. The maximum absolute atomic E-state index is 13.1. The molecule has 33 heavy (non-hydrogen) atoms. The van der Waals surface area contributed by atoms with Crippen molar-refractivity contribution >= 4 is 22.8 Å².